The van der Waals surface area contributed by atoms with Gasteiger partial charge < -0.3 is 21.6 Å². The Bertz CT molecular complexity index is 696. The number of anilines is 1. The Morgan fingerprint density at radius 3 is 2.50 bits per heavy atom. The van der Waals surface area contributed by atoms with E-state index < -0.39 is 11.9 Å². The van der Waals surface area contributed by atoms with Crippen molar-refractivity contribution in [3.05, 3.63) is 34.9 Å². The van der Waals surface area contributed by atoms with Gasteiger partial charge in [0.05, 0.1) is 10.6 Å². The van der Waals surface area contributed by atoms with E-state index in [0.29, 0.717) is 11.3 Å². The lowest BCUT2D eigenvalue weighted by Crippen LogP contribution is -2.22. The highest BCUT2D eigenvalue weighted by Crippen LogP contribution is 2.31. The number of nitrogens with one attached hydrogen (secondary N) is 2. The van der Waals surface area contributed by atoms with Crippen LogP contribution in [0.1, 0.15) is 10.4 Å². The number of amides is 3. The smallest absolute Gasteiger partial charge is 0.317 e. The molecule has 104 valence electrons. The van der Waals surface area contributed by atoms with Gasteiger partial charge >= 0.3 is 6.03 Å². The summed E-state index contributed by atoms with van der Waals surface area (Å²) in [5.74, 6) is -0.682. The Balaban J connectivity index is 2.49. The molecule has 0 atom stereocenters. The summed E-state index contributed by atoms with van der Waals surface area (Å²) in [6.07, 6.45) is 0. The zero-order valence-corrected chi connectivity index (χ0v) is 10.9. The Hall–Kier alpha value is -2.67. The number of aromatic hydroxyl groups is 1. The van der Waals surface area contributed by atoms with Crippen LogP contribution in [0.3, 0.4) is 0 Å². The molecule has 0 spiro atoms. The molecule has 0 aliphatic heterocycles. The summed E-state index contributed by atoms with van der Waals surface area (Å²) in [5.41, 5.74) is 11.4. The summed E-state index contributed by atoms with van der Waals surface area (Å²) in [5, 5.41) is 11.8. The lowest BCUT2D eigenvalue weighted by molar-refractivity contribution is 0.100. The molecular formula is C12H11ClN4O3. The number of benzene rings is 1. The first kappa shape index (κ1) is 13.8. The lowest BCUT2D eigenvalue weighted by Gasteiger charge is -2.02. The lowest BCUT2D eigenvalue weighted by atomic mass is 10.1. The van der Waals surface area contributed by atoms with Gasteiger partial charge in [0.1, 0.15) is 11.6 Å². The number of primary amides is 2. The molecule has 2 aromatic rings. The summed E-state index contributed by atoms with van der Waals surface area (Å²) in [7, 11) is 0. The molecule has 1 aromatic heterocycles. The molecule has 2 rings (SSSR count). The van der Waals surface area contributed by atoms with Gasteiger partial charge in [-0.2, -0.15) is 0 Å². The largest absolute Gasteiger partial charge is 0.506 e. The SMILES string of the molecule is NC(=O)Nc1[nH]c(-c2ccc(O)c(Cl)c2)cc1C(N)=O. The third-order valence-corrected chi connectivity index (χ3v) is 2.89. The highest BCUT2D eigenvalue weighted by molar-refractivity contribution is 6.32. The van der Waals surface area contributed by atoms with E-state index in [-0.39, 0.29) is 22.2 Å². The second-order valence-corrected chi connectivity index (χ2v) is 4.40. The molecular weight excluding hydrogens is 284 g/mol. The molecule has 20 heavy (non-hydrogen) atoms. The number of nitrogens with two attached hydrogens (primary N) is 2. The van der Waals surface area contributed by atoms with Crippen LogP contribution in [0.4, 0.5) is 10.6 Å². The first-order valence-corrected chi connectivity index (χ1v) is 5.84. The number of rotatable bonds is 3. The second-order valence-electron chi connectivity index (χ2n) is 3.99. The maximum Gasteiger partial charge on any atom is 0.317 e. The molecule has 0 radical (unpaired) electrons. The first-order chi connectivity index (χ1) is 9.38. The number of hydrogen-bond acceptors (Lipinski definition) is 3. The minimum atomic E-state index is -0.829. The molecule has 0 aliphatic rings. The van der Waals surface area contributed by atoms with Gasteiger partial charge in [-0.3, -0.25) is 10.1 Å². The number of phenols is 1. The van der Waals surface area contributed by atoms with Crippen LogP contribution < -0.4 is 16.8 Å². The van der Waals surface area contributed by atoms with Crippen molar-refractivity contribution in [3.8, 4) is 17.0 Å². The van der Waals surface area contributed by atoms with Crippen LogP contribution in [0.15, 0.2) is 24.3 Å². The third-order valence-electron chi connectivity index (χ3n) is 2.59. The maximum absolute atomic E-state index is 11.3. The molecule has 1 heterocycles. The van der Waals surface area contributed by atoms with Crippen LogP contribution >= 0.6 is 11.6 Å². The molecule has 8 heteroatoms. The monoisotopic (exact) mass is 294 g/mol. The number of urea groups is 1. The minimum absolute atomic E-state index is 0.0624. The van der Waals surface area contributed by atoms with E-state index >= 15 is 0 Å². The molecule has 0 saturated heterocycles. The van der Waals surface area contributed by atoms with Gasteiger partial charge in [-0.25, -0.2) is 4.79 Å². The normalized spacial score (nSPS) is 10.2. The number of phenolic OH excluding ortho intramolecular Hbond substituents is 1. The van der Waals surface area contributed by atoms with E-state index in [2.05, 4.69) is 10.3 Å². The van der Waals surface area contributed by atoms with Gasteiger partial charge in [0.15, 0.2) is 0 Å². The van der Waals surface area contributed by atoms with Gasteiger partial charge in [-0.1, -0.05) is 11.6 Å². The standard InChI is InChI=1S/C12H11ClN4O3/c13-7-3-5(1-2-9(7)18)8-4-6(10(14)19)11(16-8)17-12(15)20/h1-4,16,18H,(H2,14,19)(H3,15,17,20). The van der Waals surface area contributed by atoms with Crippen LogP contribution in [0, 0.1) is 0 Å². The van der Waals surface area contributed by atoms with Crippen LogP contribution in [0.2, 0.25) is 5.02 Å². The molecule has 0 aliphatic carbocycles. The van der Waals surface area contributed by atoms with E-state index in [9.17, 15) is 14.7 Å². The predicted molar refractivity (Wildman–Crippen MR) is 74.6 cm³/mol. The average molecular weight is 295 g/mol. The van der Waals surface area contributed by atoms with E-state index in [1.807, 2.05) is 0 Å². The molecule has 0 bridgehead atoms. The number of aromatic nitrogens is 1. The van der Waals surface area contributed by atoms with Crippen molar-refractivity contribution < 1.29 is 14.7 Å². The summed E-state index contributed by atoms with van der Waals surface area (Å²) < 4.78 is 0. The van der Waals surface area contributed by atoms with Crippen molar-refractivity contribution in [1.82, 2.24) is 4.98 Å². The van der Waals surface area contributed by atoms with Crippen LogP contribution in [0.25, 0.3) is 11.3 Å². The van der Waals surface area contributed by atoms with Crippen molar-refractivity contribution in [2.45, 2.75) is 0 Å². The minimum Gasteiger partial charge on any atom is -0.506 e. The number of aromatic amines is 1. The van der Waals surface area contributed by atoms with Crippen LogP contribution in [-0.2, 0) is 0 Å². The maximum atomic E-state index is 11.3. The molecule has 0 saturated carbocycles. The molecule has 0 unspecified atom stereocenters. The molecule has 7 nitrogen and oxygen atoms in total. The Kier molecular flexibility index (Phi) is 3.53. The fourth-order valence-electron chi connectivity index (χ4n) is 1.70. The molecule has 3 amide bonds. The van der Waals surface area contributed by atoms with Crippen molar-refractivity contribution in [1.29, 1.82) is 0 Å². The van der Waals surface area contributed by atoms with Gasteiger partial charge in [0.25, 0.3) is 5.91 Å². The number of H-pyrrole nitrogens is 1. The van der Waals surface area contributed by atoms with Gasteiger partial charge in [0, 0.05) is 5.69 Å². The van der Waals surface area contributed by atoms with E-state index in [1.165, 1.54) is 18.2 Å². The van der Waals surface area contributed by atoms with Gasteiger partial charge in [-0.05, 0) is 29.8 Å². The van der Waals surface area contributed by atoms with Crippen molar-refractivity contribution in [2.24, 2.45) is 11.5 Å². The third kappa shape index (κ3) is 2.67. The van der Waals surface area contributed by atoms with E-state index in [1.54, 1.807) is 6.07 Å². The quantitative estimate of drug-likeness (QED) is 0.589. The van der Waals surface area contributed by atoms with Crippen molar-refractivity contribution in [3.63, 3.8) is 0 Å². The number of carbonyl (C=O) groups is 2. The highest BCUT2D eigenvalue weighted by Gasteiger charge is 2.15. The predicted octanol–water partition coefficient (Wildman–Crippen LogP) is 1.63. The van der Waals surface area contributed by atoms with Gasteiger partial charge in [-0.15, -0.1) is 0 Å². The summed E-state index contributed by atoms with van der Waals surface area (Å²) in [6, 6.07) is 5.12. The average Bonchev–Trinajstić information content (AvgIpc) is 2.76. The molecule has 7 N–H and O–H groups in total. The fourth-order valence-corrected chi connectivity index (χ4v) is 1.88. The first-order valence-electron chi connectivity index (χ1n) is 5.46. The second kappa shape index (κ2) is 5.14. The summed E-state index contributed by atoms with van der Waals surface area (Å²) >= 11 is 5.81. The van der Waals surface area contributed by atoms with E-state index in [0.717, 1.165) is 0 Å². The fraction of sp³-hybridized carbons (Fsp3) is 0. The molecule has 0 fully saturated rings. The number of halogens is 1. The topological polar surface area (TPSA) is 134 Å². The Morgan fingerprint density at radius 2 is 1.95 bits per heavy atom. The van der Waals surface area contributed by atoms with Crippen molar-refractivity contribution in [2.75, 3.05) is 5.32 Å². The highest BCUT2D eigenvalue weighted by atomic mass is 35.5. The van der Waals surface area contributed by atoms with E-state index in [4.69, 9.17) is 23.1 Å². The zero-order valence-electron chi connectivity index (χ0n) is 10.1. The summed E-state index contributed by atoms with van der Waals surface area (Å²) in [4.78, 5) is 25.0. The zero-order chi connectivity index (χ0) is 14.9. The number of hydrogen-bond donors (Lipinski definition) is 5. The molecule has 1 aromatic carbocycles. The van der Waals surface area contributed by atoms with Crippen LogP contribution in [-0.4, -0.2) is 22.0 Å². The number of carbonyl (C=O) groups excluding carboxylic acids is 2. The van der Waals surface area contributed by atoms with Crippen LogP contribution in [0.5, 0.6) is 5.75 Å². The Labute approximate surface area is 118 Å². The van der Waals surface area contributed by atoms with Gasteiger partial charge in [0.2, 0.25) is 0 Å². The Morgan fingerprint density at radius 1 is 1.25 bits per heavy atom. The summed E-state index contributed by atoms with van der Waals surface area (Å²) in [6.45, 7) is 0. The van der Waals surface area contributed by atoms with Crippen molar-refractivity contribution >= 4 is 29.4 Å².